The topological polar surface area (TPSA) is 69.6 Å². The summed E-state index contributed by atoms with van der Waals surface area (Å²) in [5.41, 5.74) is 1.04. The van der Waals surface area contributed by atoms with Crippen LogP contribution in [0.15, 0.2) is 35.7 Å². The second kappa shape index (κ2) is 9.45. The lowest BCUT2D eigenvalue weighted by atomic mass is 9.94. The Balaban J connectivity index is 0.00000300. The average Bonchev–Trinajstić information content (AvgIpc) is 3.23. The van der Waals surface area contributed by atoms with Crippen LogP contribution in [0.1, 0.15) is 28.9 Å². The van der Waals surface area contributed by atoms with Crippen molar-refractivity contribution >= 4 is 40.6 Å². The molecular weight excluding hydrogens is 433 g/mol. The average molecular weight is 458 g/mol. The van der Waals surface area contributed by atoms with Gasteiger partial charge in [-0.2, -0.15) is 0 Å². The Labute approximate surface area is 186 Å². The molecule has 2 atom stereocenters. The number of fused-ring (bicyclic) bond motifs is 1. The standard InChI is InChI=1S/C20H24ClN3O3S.ClH/c1-24(2,3)10-5-9-22-20(27)23-15-8-7-13(21)12-14(15)17(19(23)26)18(25)16-6-4-11-28-16;/h4,6-8,11-12,17-18,25H,5,9-10H2,1-3H3;1H. The molecule has 1 aliphatic heterocycles. The summed E-state index contributed by atoms with van der Waals surface area (Å²) in [5.74, 6) is -1.30. The monoisotopic (exact) mass is 457 g/mol. The van der Waals surface area contributed by atoms with Crippen LogP contribution in [0.2, 0.25) is 5.02 Å². The maximum atomic E-state index is 13.1. The number of amides is 3. The third-order valence-corrected chi connectivity index (χ3v) is 5.87. The van der Waals surface area contributed by atoms with E-state index in [-0.39, 0.29) is 12.4 Å². The number of imide groups is 1. The van der Waals surface area contributed by atoms with Crippen LogP contribution >= 0.6 is 22.9 Å². The lowest BCUT2D eigenvalue weighted by Crippen LogP contribution is -3.00. The third kappa shape index (κ3) is 5.29. The van der Waals surface area contributed by atoms with Crippen molar-refractivity contribution in [3.63, 3.8) is 0 Å². The zero-order chi connectivity index (χ0) is 20.5. The fourth-order valence-electron chi connectivity index (χ4n) is 3.34. The lowest BCUT2D eigenvalue weighted by Gasteiger charge is -2.24. The van der Waals surface area contributed by atoms with E-state index in [0.717, 1.165) is 22.3 Å². The van der Waals surface area contributed by atoms with Crippen LogP contribution in [0.4, 0.5) is 10.5 Å². The Morgan fingerprint density at radius 3 is 2.69 bits per heavy atom. The van der Waals surface area contributed by atoms with Gasteiger partial charge in [0.15, 0.2) is 0 Å². The third-order valence-electron chi connectivity index (χ3n) is 4.69. The first kappa shape index (κ1) is 23.6. The number of rotatable bonds is 6. The molecule has 1 aliphatic rings. The van der Waals surface area contributed by atoms with Gasteiger partial charge in [0, 0.05) is 22.9 Å². The maximum Gasteiger partial charge on any atom is 0.328 e. The summed E-state index contributed by atoms with van der Waals surface area (Å²) in [6, 6.07) is 8.07. The van der Waals surface area contributed by atoms with Crippen molar-refractivity contribution in [1.29, 1.82) is 0 Å². The van der Waals surface area contributed by atoms with Crippen LogP contribution in [-0.2, 0) is 4.79 Å². The highest BCUT2D eigenvalue weighted by Crippen LogP contribution is 2.45. The highest BCUT2D eigenvalue weighted by atomic mass is 35.5. The van der Waals surface area contributed by atoms with Crippen molar-refractivity contribution in [3.05, 3.63) is 51.2 Å². The number of hydrogen-bond acceptors (Lipinski definition) is 4. The fraction of sp³-hybridized carbons (Fsp3) is 0.400. The number of halogens is 2. The number of aliphatic hydroxyl groups excluding tert-OH is 1. The second-order valence-corrected chi connectivity index (χ2v) is 9.33. The first-order valence-electron chi connectivity index (χ1n) is 9.12. The number of nitrogens with one attached hydrogen (secondary N) is 1. The summed E-state index contributed by atoms with van der Waals surface area (Å²) in [6.07, 6.45) is -0.230. The van der Waals surface area contributed by atoms with Crippen LogP contribution in [0.5, 0.6) is 0 Å². The predicted octanol–water partition coefficient (Wildman–Crippen LogP) is 0.375. The highest BCUT2D eigenvalue weighted by molar-refractivity contribution is 7.10. The summed E-state index contributed by atoms with van der Waals surface area (Å²) in [5, 5.41) is 15.9. The van der Waals surface area contributed by atoms with Gasteiger partial charge in [-0.25, -0.2) is 9.69 Å². The largest absolute Gasteiger partial charge is 1.00 e. The summed E-state index contributed by atoms with van der Waals surface area (Å²) >= 11 is 7.50. The molecule has 1 aromatic carbocycles. The summed E-state index contributed by atoms with van der Waals surface area (Å²) in [4.78, 5) is 27.7. The van der Waals surface area contributed by atoms with Crippen LogP contribution < -0.4 is 22.6 Å². The molecule has 158 valence electrons. The van der Waals surface area contributed by atoms with E-state index in [4.69, 9.17) is 11.6 Å². The van der Waals surface area contributed by atoms with Gasteiger partial charge in [-0.3, -0.25) is 4.79 Å². The lowest BCUT2D eigenvalue weighted by molar-refractivity contribution is -0.870. The van der Waals surface area contributed by atoms with Gasteiger partial charge in [0.05, 0.1) is 39.3 Å². The van der Waals surface area contributed by atoms with Gasteiger partial charge in [0.1, 0.15) is 6.10 Å². The number of urea groups is 1. The molecule has 0 saturated carbocycles. The van der Waals surface area contributed by atoms with Gasteiger partial charge in [-0.15, -0.1) is 11.3 Å². The molecule has 0 saturated heterocycles. The molecule has 2 unspecified atom stereocenters. The first-order chi connectivity index (χ1) is 13.2. The van der Waals surface area contributed by atoms with Gasteiger partial charge in [0.2, 0.25) is 5.91 Å². The van der Waals surface area contributed by atoms with E-state index in [1.165, 1.54) is 11.3 Å². The SMILES string of the molecule is C[N+](C)(C)CCCNC(=O)N1C(=O)C(C(O)c2cccs2)c2cc(Cl)ccc21.[Cl-]. The Morgan fingerprint density at radius 1 is 1.34 bits per heavy atom. The number of carbonyl (C=O) groups is 2. The van der Waals surface area contributed by atoms with E-state index in [9.17, 15) is 14.7 Å². The number of thiophene rings is 1. The molecule has 0 radical (unpaired) electrons. The van der Waals surface area contributed by atoms with E-state index in [2.05, 4.69) is 26.5 Å². The molecule has 2 heterocycles. The van der Waals surface area contributed by atoms with E-state index in [0.29, 0.717) is 27.7 Å². The number of quaternary nitrogens is 1. The molecule has 3 amide bonds. The Bertz CT molecular complexity index is 868. The molecule has 0 aliphatic carbocycles. The summed E-state index contributed by atoms with van der Waals surface area (Å²) in [6.45, 7) is 1.37. The van der Waals surface area contributed by atoms with E-state index in [1.54, 1.807) is 24.3 Å². The van der Waals surface area contributed by atoms with Gasteiger partial charge < -0.3 is 27.3 Å². The predicted molar refractivity (Wildman–Crippen MR) is 112 cm³/mol. The van der Waals surface area contributed by atoms with Gasteiger partial charge in [-0.1, -0.05) is 17.7 Å². The zero-order valence-electron chi connectivity index (χ0n) is 16.6. The second-order valence-electron chi connectivity index (χ2n) is 7.91. The molecule has 9 heteroatoms. The van der Waals surface area contributed by atoms with Crippen molar-refractivity contribution in [2.45, 2.75) is 18.4 Å². The van der Waals surface area contributed by atoms with Crippen LogP contribution in [-0.4, -0.2) is 55.8 Å². The van der Waals surface area contributed by atoms with E-state index in [1.807, 2.05) is 11.4 Å². The van der Waals surface area contributed by atoms with Crippen LogP contribution in [0, 0.1) is 0 Å². The van der Waals surface area contributed by atoms with Crippen LogP contribution in [0.3, 0.4) is 0 Å². The number of benzene rings is 1. The number of nitrogens with zero attached hydrogens (tertiary/aromatic N) is 2. The van der Waals surface area contributed by atoms with E-state index >= 15 is 0 Å². The molecule has 1 aromatic heterocycles. The molecule has 2 aromatic rings. The molecule has 3 rings (SSSR count). The van der Waals surface area contributed by atoms with Crippen molar-refractivity contribution in [1.82, 2.24) is 5.32 Å². The maximum absolute atomic E-state index is 13.1. The van der Waals surface area contributed by atoms with Crippen molar-refractivity contribution in [3.8, 4) is 0 Å². The molecule has 0 bridgehead atoms. The smallest absolute Gasteiger partial charge is 0.328 e. The normalized spacial score (nSPS) is 16.9. The van der Waals surface area contributed by atoms with Crippen LogP contribution in [0.25, 0.3) is 0 Å². The molecule has 2 N–H and O–H groups in total. The molecular formula is C20H25Cl2N3O3S. The minimum atomic E-state index is -1.03. The van der Waals surface area contributed by atoms with Gasteiger partial charge in [0.25, 0.3) is 0 Å². The summed E-state index contributed by atoms with van der Waals surface area (Å²) in [7, 11) is 6.26. The quantitative estimate of drug-likeness (QED) is 0.486. The number of anilines is 1. The number of aliphatic hydroxyl groups is 1. The Hall–Kier alpha value is -1.64. The van der Waals surface area contributed by atoms with E-state index < -0.39 is 24.0 Å². The highest BCUT2D eigenvalue weighted by Gasteiger charge is 2.45. The minimum Gasteiger partial charge on any atom is -1.00 e. The molecule has 6 nitrogen and oxygen atoms in total. The minimum absolute atomic E-state index is 0. The fourth-order valence-corrected chi connectivity index (χ4v) is 4.26. The van der Waals surface area contributed by atoms with Crippen molar-refractivity contribution < 1.29 is 31.6 Å². The number of hydrogen-bond donors (Lipinski definition) is 2. The van der Waals surface area contributed by atoms with Crippen molar-refractivity contribution in [2.75, 3.05) is 39.1 Å². The van der Waals surface area contributed by atoms with Gasteiger partial charge >= 0.3 is 6.03 Å². The molecule has 0 spiro atoms. The Morgan fingerprint density at radius 2 is 2.07 bits per heavy atom. The first-order valence-corrected chi connectivity index (χ1v) is 10.4. The molecule has 0 fully saturated rings. The Kier molecular flexibility index (Phi) is 7.70. The summed E-state index contributed by atoms with van der Waals surface area (Å²) < 4.78 is 0.801. The van der Waals surface area contributed by atoms with Gasteiger partial charge in [-0.05, 0) is 35.2 Å². The number of carbonyl (C=O) groups excluding carboxylic acids is 2. The zero-order valence-corrected chi connectivity index (χ0v) is 18.9. The van der Waals surface area contributed by atoms with Crippen molar-refractivity contribution in [2.24, 2.45) is 0 Å². The molecule has 29 heavy (non-hydrogen) atoms.